The number of hydrogen-bond donors (Lipinski definition) is 0. The smallest absolute Gasteiger partial charge is 0.123 e. The quantitative estimate of drug-likeness (QED) is 0.729. The Morgan fingerprint density at radius 3 is 2.58 bits per heavy atom. The van der Waals surface area contributed by atoms with Crippen LogP contribution in [0.15, 0.2) is 42.5 Å². The highest BCUT2D eigenvalue weighted by Gasteiger charge is 2.11. The highest BCUT2D eigenvalue weighted by molar-refractivity contribution is 6.33. The number of benzene rings is 2. The minimum atomic E-state index is -0.234. The van der Waals surface area contributed by atoms with Crippen LogP contribution in [0.2, 0.25) is 5.02 Å². The van der Waals surface area contributed by atoms with Gasteiger partial charge in [0.15, 0.2) is 0 Å². The molecular formula is C15H14Cl2FN. The van der Waals surface area contributed by atoms with Crippen molar-refractivity contribution < 1.29 is 4.39 Å². The van der Waals surface area contributed by atoms with Gasteiger partial charge in [0, 0.05) is 19.5 Å². The molecule has 0 heterocycles. The molecule has 2 aromatic carbocycles. The van der Waals surface area contributed by atoms with Crippen molar-refractivity contribution in [3.63, 3.8) is 0 Å². The SMILES string of the molecule is CN(Cc1cccc(F)c1)c1c(Cl)cccc1CCl. The lowest BCUT2D eigenvalue weighted by molar-refractivity contribution is 0.625. The lowest BCUT2D eigenvalue weighted by atomic mass is 10.1. The molecule has 0 amide bonds. The summed E-state index contributed by atoms with van der Waals surface area (Å²) in [5.41, 5.74) is 2.75. The molecule has 0 aliphatic rings. The highest BCUT2D eigenvalue weighted by atomic mass is 35.5. The normalized spacial score (nSPS) is 10.5. The Kier molecular flexibility index (Phi) is 4.67. The van der Waals surface area contributed by atoms with E-state index >= 15 is 0 Å². The Morgan fingerprint density at radius 1 is 1.16 bits per heavy atom. The van der Waals surface area contributed by atoms with Crippen LogP contribution < -0.4 is 4.90 Å². The Bertz CT molecular complexity index is 572. The van der Waals surface area contributed by atoms with Crippen molar-refractivity contribution in [2.24, 2.45) is 0 Å². The summed E-state index contributed by atoms with van der Waals surface area (Å²) in [6.07, 6.45) is 0. The molecule has 19 heavy (non-hydrogen) atoms. The maximum Gasteiger partial charge on any atom is 0.123 e. The van der Waals surface area contributed by atoms with Gasteiger partial charge in [-0.05, 0) is 29.3 Å². The van der Waals surface area contributed by atoms with Crippen molar-refractivity contribution in [2.45, 2.75) is 12.4 Å². The van der Waals surface area contributed by atoms with Gasteiger partial charge < -0.3 is 4.90 Å². The van der Waals surface area contributed by atoms with Crippen LogP contribution in [0.4, 0.5) is 10.1 Å². The van der Waals surface area contributed by atoms with Gasteiger partial charge in [0.25, 0.3) is 0 Å². The van der Waals surface area contributed by atoms with Crippen LogP contribution in [0.5, 0.6) is 0 Å². The van der Waals surface area contributed by atoms with E-state index in [4.69, 9.17) is 23.2 Å². The summed E-state index contributed by atoms with van der Waals surface area (Å²) >= 11 is 12.2. The summed E-state index contributed by atoms with van der Waals surface area (Å²) in [4.78, 5) is 1.98. The van der Waals surface area contributed by atoms with Gasteiger partial charge in [-0.3, -0.25) is 0 Å². The second-order valence-corrected chi connectivity index (χ2v) is 5.04. The second kappa shape index (κ2) is 6.27. The highest BCUT2D eigenvalue weighted by Crippen LogP contribution is 2.31. The van der Waals surface area contributed by atoms with Gasteiger partial charge in [0.1, 0.15) is 5.82 Å². The fraction of sp³-hybridized carbons (Fsp3) is 0.200. The van der Waals surface area contributed by atoms with Gasteiger partial charge in [-0.15, -0.1) is 11.6 Å². The zero-order valence-electron chi connectivity index (χ0n) is 10.5. The molecule has 0 fully saturated rings. The maximum absolute atomic E-state index is 13.2. The molecule has 0 N–H and O–H groups in total. The second-order valence-electron chi connectivity index (χ2n) is 4.37. The van der Waals surface area contributed by atoms with Crippen LogP contribution in [-0.4, -0.2) is 7.05 Å². The first-order chi connectivity index (χ1) is 9.11. The number of para-hydroxylation sites is 1. The largest absolute Gasteiger partial charge is 0.369 e. The molecule has 0 spiro atoms. The van der Waals surface area contributed by atoms with Crippen LogP contribution in [0.1, 0.15) is 11.1 Å². The molecule has 2 aromatic rings. The molecule has 0 unspecified atom stereocenters. The van der Waals surface area contributed by atoms with E-state index in [9.17, 15) is 4.39 Å². The van der Waals surface area contributed by atoms with Crippen molar-refractivity contribution >= 4 is 28.9 Å². The minimum absolute atomic E-state index is 0.234. The molecule has 0 aliphatic carbocycles. The topological polar surface area (TPSA) is 3.24 Å². The van der Waals surface area contributed by atoms with Crippen LogP contribution in [-0.2, 0) is 12.4 Å². The first-order valence-electron chi connectivity index (χ1n) is 5.90. The maximum atomic E-state index is 13.2. The Labute approximate surface area is 122 Å². The molecule has 0 aromatic heterocycles. The van der Waals surface area contributed by atoms with Gasteiger partial charge >= 0.3 is 0 Å². The summed E-state index contributed by atoms with van der Waals surface area (Å²) in [7, 11) is 1.92. The average molecular weight is 298 g/mol. The molecule has 0 bridgehead atoms. The van der Waals surface area contributed by atoms with Crippen LogP contribution in [0.3, 0.4) is 0 Å². The number of halogens is 3. The van der Waals surface area contributed by atoms with E-state index in [0.29, 0.717) is 17.4 Å². The summed E-state index contributed by atoms with van der Waals surface area (Å²) in [6.45, 7) is 0.575. The van der Waals surface area contributed by atoms with E-state index < -0.39 is 0 Å². The van der Waals surface area contributed by atoms with Crippen molar-refractivity contribution in [2.75, 3.05) is 11.9 Å². The van der Waals surface area contributed by atoms with E-state index in [1.54, 1.807) is 6.07 Å². The molecular weight excluding hydrogens is 284 g/mol. The standard InChI is InChI=1S/C15H14Cl2FN/c1-19(10-11-4-2-6-13(18)8-11)15-12(9-16)5-3-7-14(15)17/h2-8H,9-10H2,1H3. The first kappa shape index (κ1) is 14.2. The number of rotatable bonds is 4. The van der Waals surface area contributed by atoms with Gasteiger partial charge in [0.2, 0.25) is 0 Å². The van der Waals surface area contributed by atoms with Crippen molar-refractivity contribution in [3.8, 4) is 0 Å². The van der Waals surface area contributed by atoms with Crippen molar-refractivity contribution in [3.05, 3.63) is 64.4 Å². The van der Waals surface area contributed by atoms with E-state index in [1.165, 1.54) is 12.1 Å². The van der Waals surface area contributed by atoms with E-state index in [1.807, 2.05) is 36.2 Å². The number of hydrogen-bond acceptors (Lipinski definition) is 1. The van der Waals surface area contributed by atoms with E-state index in [-0.39, 0.29) is 5.82 Å². The van der Waals surface area contributed by atoms with Gasteiger partial charge in [-0.2, -0.15) is 0 Å². The Balaban J connectivity index is 2.27. The third kappa shape index (κ3) is 3.40. The molecule has 0 radical (unpaired) electrons. The zero-order chi connectivity index (χ0) is 13.8. The van der Waals surface area contributed by atoms with E-state index in [0.717, 1.165) is 16.8 Å². The molecule has 0 aliphatic heterocycles. The van der Waals surface area contributed by atoms with Crippen molar-refractivity contribution in [1.82, 2.24) is 0 Å². The van der Waals surface area contributed by atoms with Crippen LogP contribution >= 0.6 is 23.2 Å². The molecule has 1 nitrogen and oxygen atoms in total. The summed E-state index contributed by atoms with van der Waals surface area (Å²) in [6, 6.07) is 12.2. The van der Waals surface area contributed by atoms with Crippen LogP contribution in [0, 0.1) is 5.82 Å². The lowest BCUT2D eigenvalue weighted by Crippen LogP contribution is -2.18. The Morgan fingerprint density at radius 2 is 1.89 bits per heavy atom. The number of anilines is 1. The molecule has 100 valence electrons. The zero-order valence-corrected chi connectivity index (χ0v) is 12.0. The molecule has 0 atom stereocenters. The molecule has 4 heteroatoms. The molecule has 2 rings (SSSR count). The predicted molar refractivity (Wildman–Crippen MR) is 79.5 cm³/mol. The fourth-order valence-corrected chi connectivity index (χ4v) is 2.64. The van der Waals surface area contributed by atoms with Crippen molar-refractivity contribution in [1.29, 1.82) is 0 Å². The fourth-order valence-electron chi connectivity index (χ4n) is 2.08. The number of alkyl halides is 1. The molecule has 0 saturated heterocycles. The van der Waals surface area contributed by atoms with Crippen LogP contribution in [0.25, 0.3) is 0 Å². The van der Waals surface area contributed by atoms with Gasteiger partial charge in [-0.1, -0.05) is 35.9 Å². The predicted octanol–water partition coefficient (Wildman–Crippen LogP) is 4.85. The lowest BCUT2D eigenvalue weighted by Gasteiger charge is -2.23. The van der Waals surface area contributed by atoms with E-state index in [2.05, 4.69) is 0 Å². The van der Waals surface area contributed by atoms with Gasteiger partial charge in [0.05, 0.1) is 10.7 Å². The first-order valence-corrected chi connectivity index (χ1v) is 6.82. The minimum Gasteiger partial charge on any atom is -0.369 e. The third-order valence-corrected chi connectivity index (χ3v) is 3.50. The summed E-state index contributed by atoms with van der Waals surface area (Å²) in [5, 5.41) is 0.650. The summed E-state index contributed by atoms with van der Waals surface area (Å²) < 4.78 is 13.2. The number of nitrogens with zero attached hydrogens (tertiary/aromatic N) is 1. The molecule has 0 saturated carbocycles. The van der Waals surface area contributed by atoms with Gasteiger partial charge in [-0.25, -0.2) is 4.39 Å². The monoisotopic (exact) mass is 297 g/mol. The third-order valence-electron chi connectivity index (χ3n) is 2.90. The Hall–Kier alpha value is -1.25. The summed E-state index contributed by atoms with van der Waals surface area (Å²) in [5.74, 6) is 0.159. The average Bonchev–Trinajstić information content (AvgIpc) is 2.38.